The van der Waals surface area contributed by atoms with Gasteiger partial charge in [0, 0.05) is 13.1 Å². The number of hydrogen-bond acceptors (Lipinski definition) is 6. The maximum absolute atomic E-state index is 11.8. The Kier molecular flexibility index (Phi) is 4.26. The molecule has 1 saturated heterocycles. The Balaban J connectivity index is 1.82. The van der Waals surface area contributed by atoms with Crippen molar-refractivity contribution < 1.29 is 18.4 Å². The SMILES string of the molecule is Cc1oc(=O)oc1COC(=O)N1CCC(CN)CC1. The van der Waals surface area contributed by atoms with Gasteiger partial charge in [0.2, 0.25) is 0 Å². The standard InChI is InChI=1S/C12H18N2O5/c1-8-10(19-12(16)18-8)7-17-11(15)14-4-2-9(6-13)3-5-14/h9H,2-7,13H2,1H3. The Bertz CT molecular complexity index is 485. The fourth-order valence-electron chi connectivity index (χ4n) is 2.08. The van der Waals surface area contributed by atoms with Crippen LogP contribution in [0.1, 0.15) is 24.4 Å². The van der Waals surface area contributed by atoms with E-state index in [2.05, 4.69) is 4.42 Å². The third-order valence-corrected chi connectivity index (χ3v) is 3.37. The van der Waals surface area contributed by atoms with Gasteiger partial charge in [-0.1, -0.05) is 0 Å². The Morgan fingerprint density at radius 2 is 2.11 bits per heavy atom. The molecule has 0 radical (unpaired) electrons. The minimum absolute atomic E-state index is 0.0901. The lowest BCUT2D eigenvalue weighted by Gasteiger charge is -2.30. The summed E-state index contributed by atoms with van der Waals surface area (Å²) in [5.74, 6) is 0.278. The van der Waals surface area contributed by atoms with Gasteiger partial charge in [0.25, 0.3) is 0 Å². The first-order valence-electron chi connectivity index (χ1n) is 6.31. The van der Waals surface area contributed by atoms with E-state index in [0.717, 1.165) is 12.8 Å². The predicted molar refractivity (Wildman–Crippen MR) is 65.5 cm³/mol. The highest BCUT2D eigenvalue weighted by Gasteiger charge is 2.23. The number of carbonyl (C=O) groups excluding carboxylic acids is 1. The third kappa shape index (κ3) is 3.37. The van der Waals surface area contributed by atoms with Gasteiger partial charge < -0.3 is 24.2 Å². The van der Waals surface area contributed by atoms with Gasteiger partial charge in [-0.05, 0) is 32.2 Å². The van der Waals surface area contributed by atoms with E-state index in [9.17, 15) is 9.59 Å². The zero-order chi connectivity index (χ0) is 13.8. The molecule has 0 unspecified atom stereocenters. The highest BCUT2D eigenvalue weighted by atomic mass is 16.6. The number of rotatable bonds is 3. The molecule has 0 aliphatic carbocycles. The second kappa shape index (κ2) is 5.92. The van der Waals surface area contributed by atoms with Crippen LogP contribution in [0.5, 0.6) is 0 Å². The summed E-state index contributed by atoms with van der Waals surface area (Å²) in [6.07, 6.45) is 1.38. The highest BCUT2D eigenvalue weighted by Crippen LogP contribution is 2.17. The fourth-order valence-corrected chi connectivity index (χ4v) is 2.08. The number of hydrogen-bond donors (Lipinski definition) is 1. The quantitative estimate of drug-likeness (QED) is 0.874. The first kappa shape index (κ1) is 13.7. The van der Waals surface area contributed by atoms with Gasteiger partial charge in [-0.3, -0.25) is 0 Å². The van der Waals surface area contributed by atoms with E-state index in [0.29, 0.717) is 31.3 Å². The maximum atomic E-state index is 11.8. The molecule has 2 heterocycles. The van der Waals surface area contributed by atoms with Gasteiger partial charge in [-0.15, -0.1) is 0 Å². The fraction of sp³-hybridized carbons (Fsp3) is 0.667. The van der Waals surface area contributed by atoms with Crippen molar-refractivity contribution in [3.05, 3.63) is 22.1 Å². The number of amides is 1. The number of likely N-dealkylation sites (tertiary alicyclic amines) is 1. The van der Waals surface area contributed by atoms with Crippen LogP contribution in [-0.4, -0.2) is 30.6 Å². The minimum atomic E-state index is -0.785. The summed E-state index contributed by atoms with van der Waals surface area (Å²) in [4.78, 5) is 24.3. The number of nitrogens with zero attached hydrogens (tertiary/aromatic N) is 1. The maximum Gasteiger partial charge on any atom is 0.519 e. The Morgan fingerprint density at radius 1 is 1.42 bits per heavy atom. The second-order valence-corrected chi connectivity index (χ2v) is 4.65. The molecule has 1 amide bonds. The Morgan fingerprint density at radius 3 is 2.63 bits per heavy atom. The summed E-state index contributed by atoms with van der Waals surface area (Å²) in [5.41, 5.74) is 5.59. The normalized spacial score (nSPS) is 16.6. The van der Waals surface area contributed by atoms with Gasteiger partial charge in [0.05, 0.1) is 0 Å². The van der Waals surface area contributed by atoms with Crippen molar-refractivity contribution in [1.82, 2.24) is 4.90 Å². The van der Waals surface area contributed by atoms with Crippen LogP contribution in [0.3, 0.4) is 0 Å². The van der Waals surface area contributed by atoms with E-state index in [1.807, 2.05) is 0 Å². The average Bonchev–Trinajstić information content (AvgIpc) is 2.74. The van der Waals surface area contributed by atoms with E-state index < -0.39 is 11.9 Å². The van der Waals surface area contributed by atoms with Crippen LogP contribution in [0.15, 0.2) is 13.6 Å². The molecule has 0 aromatic carbocycles. The molecule has 2 rings (SSSR count). The third-order valence-electron chi connectivity index (χ3n) is 3.37. The van der Waals surface area contributed by atoms with Crippen molar-refractivity contribution in [3.8, 4) is 0 Å². The Labute approximate surface area is 110 Å². The van der Waals surface area contributed by atoms with E-state index >= 15 is 0 Å². The molecule has 0 spiro atoms. The van der Waals surface area contributed by atoms with E-state index in [1.54, 1.807) is 11.8 Å². The van der Waals surface area contributed by atoms with E-state index in [4.69, 9.17) is 14.9 Å². The highest BCUT2D eigenvalue weighted by molar-refractivity contribution is 5.67. The van der Waals surface area contributed by atoms with Crippen LogP contribution in [-0.2, 0) is 11.3 Å². The van der Waals surface area contributed by atoms with Crippen LogP contribution in [0.4, 0.5) is 4.79 Å². The van der Waals surface area contributed by atoms with E-state index in [-0.39, 0.29) is 12.4 Å². The molecule has 1 aromatic heterocycles. The lowest BCUT2D eigenvalue weighted by molar-refractivity contribution is 0.0771. The molecule has 1 aliphatic rings. The lowest BCUT2D eigenvalue weighted by atomic mass is 9.97. The number of ether oxygens (including phenoxy) is 1. The number of carbonyl (C=O) groups is 1. The molecule has 0 saturated carbocycles. The van der Waals surface area contributed by atoms with E-state index in [1.165, 1.54) is 0 Å². The summed E-state index contributed by atoms with van der Waals surface area (Å²) in [6, 6.07) is 0. The van der Waals surface area contributed by atoms with Crippen LogP contribution in [0.25, 0.3) is 0 Å². The number of piperidine rings is 1. The minimum Gasteiger partial charge on any atom is -0.441 e. The van der Waals surface area contributed by atoms with Crippen molar-refractivity contribution in [2.24, 2.45) is 11.7 Å². The molecule has 2 N–H and O–H groups in total. The molecule has 0 bridgehead atoms. The van der Waals surface area contributed by atoms with Crippen molar-refractivity contribution in [2.45, 2.75) is 26.4 Å². The molecule has 19 heavy (non-hydrogen) atoms. The first-order valence-corrected chi connectivity index (χ1v) is 6.31. The van der Waals surface area contributed by atoms with Crippen molar-refractivity contribution in [1.29, 1.82) is 0 Å². The molecule has 0 atom stereocenters. The molecule has 1 fully saturated rings. The first-order chi connectivity index (χ1) is 9.10. The number of nitrogens with two attached hydrogens (primary N) is 1. The summed E-state index contributed by atoms with van der Waals surface area (Å²) < 4.78 is 14.5. The molecule has 106 valence electrons. The molecule has 1 aliphatic heterocycles. The predicted octanol–water partition coefficient (Wildman–Crippen LogP) is 0.849. The van der Waals surface area contributed by atoms with Gasteiger partial charge in [-0.25, -0.2) is 9.59 Å². The Hall–Kier alpha value is -1.76. The summed E-state index contributed by atoms with van der Waals surface area (Å²) >= 11 is 0. The van der Waals surface area contributed by atoms with Crippen molar-refractivity contribution in [3.63, 3.8) is 0 Å². The van der Waals surface area contributed by atoms with Gasteiger partial charge >= 0.3 is 11.9 Å². The monoisotopic (exact) mass is 270 g/mol. The van der Waals surface area contributed by atoms with Crippen LogP contribution >= 0.6 is 0 Å². The van der Waals surface area contributed by atoms with Gasteiger partial charge in [0.1, 0.15) is 0 Å². The van der Waals surface area contributed by atoms with Crippen molar-refractivity contribution in [2.75, 3.05) is 19.6 Å². The molecule has 1 aromatic rings. The lowest BCUT2D eigenvalue weighted by Crippen LogP contribution is -2.40. The smallest absolute Gasteiger partial charge is 0.441 e. The van der Waals surface area contributed by atoms with Crippen LogP contribution in [0, 0.1) is 12.8 Å². The second-order valence-electron chi connectivity index (χ2n) is 4.65. The zero-order valence-electron chi connectivity index (χ0n) is 10.9. The molecular weight excluding hydrogens is 252 g/mol. The van der Waals surface area contributed by atoms with Crippen LogP contribution in [0.2, 0.25) is 0 Å². The summed E-state index contributed by atoms with van der Waals surface area (Å²) in [7, 11) is 0. The number of aryl methyl sites for hydroxylation is 1. The largest absolute Gasteiger partial charge is 0.519 e. The van der Waals surface area contributed by atoms with Gasteiger partial charge in [-0.2, -0.15) is 0 Å². The molecular formula is C12H18N2O5. The topological polar surface area (TPSA) is 98.9 Å². The summed E-state index contributed by atoms with van der Waals surface area (Å²) in [6.45, 7) is 3.44. The van der Waals surface area contributed by atoms with Gasteiger partial charge in [0.15, 0.2) is 18.1 Å². The van der Waals surface area contributed by atoms with Crippen LogP contribution < -0.4 is 11.6 Å². The molecule has 7 nitrogen and oxygen atoms in total. The summed E-state index contributed by atoms with van der Waals surface area (Å²) in [5, 5.41) is 0. The molecule has 7 heteroatoms. The average molecular weight is 270 g/mol. The zero-order valence-corrected chi connectivity index (χ0v) is 10.9. The van der Waals surface area contributed by atoms with Crippen molar-refractivity contribution >= 4 is 6.09 Å².